The Balaban J connectivity index is 1.99. The Labute approximate surface area is 140 Å². The van der Waals surface area contributed by atoms with Gasteiger partial charge in [-0.3, -0.25) is 9.59 Å². The molecule has 0 bridgehead atoms. The van der Waals surface area contributed by atoms with Crippen LogP contribution < -0.4 is 10.6 Å². The van der Waals surface area contributed by atoms with Gasteiger partial charge in [-0.15, -0.1) is 0 Å². The fourth-order valence-corrected chi connectivity index (χ4v) is 2.20. The van der Waals surface area contributed by atoms with E-state index in [4.69, 9.17) is 0 Å². The quantitative estimate of drug-likeness (QED) is 0.830. The first kappa shape index (κ1) is 17.4. The van der Waals surface area contributed by atoms with E-state index in [9.17, 15) is 14.0 Å². The van der Waals surface area contributed by atoms with Gasteiger partial charge in [-0.05, 0) is 47.9 Å². The number of nitrogens with one attached hydrogen (secondary N) is 2. The zero-order valence-corrected chi connectivity index (χ0v) is 13.6. The van der Waals surface area contributed by atoms with Crippen molar-refractivity contribution in [3.63, 3.8) is 0 Å². The molecule has 5 heteroatoms. The summed E-state index contributed by atoms with van der Waals surface area (Å²) < 4.78 is 12.9. The summed E-state index contributed by atoms with van der Waals surface area (Å²) in [6, 6.07) is 13.0. The third kappa shape index (κ3) is 4.78. The minimum absolute atomic E-state index is 0.171. The van der Waals surface area contributed by atoms with Crippen molar-refractivity contribution in [2.24, 2.45) is 0 Å². The van der Waals surface area contributed by atoms with Crippen LogP contribution in [-0.4, -0.2) is 18.9 Å². The molecule has 0 aliphatic heterocycles. The van der Waals surface area contributed by atoms with Crippen LogP contribution in [0.2, 0.25) is 0 Å². The minimum atomic E-state index is -0.313. The Morgan fingerprint density at radius 1 is 1.08 bits per heavy atom. The number of carbonyl (C=O) groups is 2. The van der Waals surface area contributed by atoms with Gasteiger partial charge in [-0.25, -0.2) is 4.39 Å². The lowest BCUT2D eigenvalue weighted by atomic mass is 10.1. The van der Waals surface area contributed by atoms with Crippen molar-refractivity contribution < 1.29 is 14.0 Å². The summed E-state index contributed by atoms with van der Waals surface area (Å²) in [4.78, 5) is 23.6. The van der Waals surface area contributed by atoms with Crippen LogP contribution in [0.5, 0.6) is 0 Å². The van der Waals surface area contributed by atoms with Crippen molar-refractivity contribution in [1.82, 2.24) is 10.6 Å². The number of benzene rings is 2. The predicted molar refractivity (Wildman–Crippen MR) is 91.7 cm³/mol. The third-order valence-electron chi connectivity index (χ3n) is 3.53. The Morgan fingerprint density at radius 3 is 2.46 bits per heavy atom. The molecule has 0 spiro atoms. The number of allylic oxidation sites excluding steroid dienone is 1. The van der Waals surface area contributed by atoms with Gasteiger partial charge in [0.15, 0.2) is 0 Å². The van der Waals surface area contributed by atoms with E-state index in [0.29, 0.717) is 12.1 Å². The molecule has 0 saturated heterocycles. The van der Waals surface area contributed by atoms with Crippen molar-refractivity contribution in [3.8, 4) is 0 Å². The Bertz CT molecular complexity index is 767. The number of halogens is 1. The normalized spacial score (nSPS) is 11.0. The maximum atomic E-state index is 12.9. The molecule has 0 radical (unpaired) electrons. The maximum absolute atomic E-state index is 12.9. The second-order valence-corrected chi connectivity index (χ2v) is 5.33. The SMILES string of the molecule is CNC(=O)c1cccc(CNC(=O)C=C(C)c2ccc(F)cc2)c1. The standard InChI is InChI=1S/C19H19FN2O2/c1-13(15-6-8-17(20)9-7-15)10-18(23)22-12-14-4-3-5-16(11-14)19(24)21-2/h3-11H,12H2,1-2H3,(H,21,24)(H,22,23). The summed E-state index contributed by atoms with van der Waals surface area (Å²) in [5.41, 5.74) is 2.90. The highest BCUT2D eigenvalue weighted by molar-refractivity contribution is 5.95. The molecule has 0 saturated carbocycles. The summed E-state index contributed by atoms with van der Waals surface area (Å²) >= 11 is 0. The van der Waals surface area contributed by atoms with E-state index in [0.717, 1.165) is 16.7 Å². The lowest BCUT2D eigenvalue weighted by molar-refractivity contribution is -0.116. The smallest absolute Gasteiger partial charge is 0.251 e. The largest absolute Gasteiger partial charge is 0.355 e. The minimum Gasteiger partial charge on any atom is -0.355 e. The van der Waals surface area contributed by atoms with Crippen LogP contribution in [0.25, 0.3) is 5.57 Å². The Hall–Kier alpha value is -2.95. The molecule has 2 aromatic carbocycles. The first-order valence-electron chi connectivity index (χ1n) is 7.52. The molecule has 0 heterocycles. The summed E-state index contributed by atoms with van der Waals surface area (Å²) in [7, 11) is 1.57. The fraction of sp³-hybridized carbons (Fsp3) is 0.158. The van der Waals surface area contributed by atoms with Crippen LogP contribution in [0, 0.1) is 5.82 Å². The van der Waals surface area contributed by atoms with Gasteiger partial charge >= 0.3 is 0 Å². The van der Waals surface area contributed by atoms with Crippen LogP contribution in [0.4, 0.5) is 4.39 Å². The first-order valence-corrected chi connectivity index (χ1v) is 7.52. The van der Waals surface area contributed by atoms with Crippen LogP contribution in [0.15, 0.2) is 54.6 Å². The molecule has 2 N–H and O–H groups in total. The predicted octanol–water partition coefficient (Wildman–Crippen LogP) is 2.91. The summed E-state index contributed by atoms with van der Waals surface area (Å²) in [5, 5.41) is 5.33. The molecule has 124 valence electrons. The molecular formula is C19H19FN2O2. The van der Waals surface area contributed by atoms with E-state index in [1.54, 1.807) is 44.3 Å². The van der Waals surface area contributed by atoms with Gasteiger partial charge in [0.05, 0.1) is 0 Å². The number of hydrogen-bond acceptors (Lipinski definition) is 2. The van der Waals surface area contributed by atoms with Crippen LogP contribution in [0.3, 0.4) is 0 Å². The molecule has 0 unspecified atom stereocenters. The maximum Gasteiger partial charge on any atom is 0.251 e. The molecule has 4 nitrogen and oxygen atoms in total. The summed E-state index contributed by atoms with van der Waals surface area (Å²) in [5.74, 6) is -0.732. The lowest BCUT2D eigenvalue weighted by Gasteiger charge is -2.06. The number of carbonyl (C=O) groups excluding carboxylic acids is 2. The van der Waals surface area contributed by atoms with Gasteiger partial charge in [-0.2, -0.15) is 0 Å². The highest BCUT2D eigenvalue weighted by atomic mass is 19.1. The lowest BCUT2D eigenvalue weighted by Crippen LogP contribution is -2.21. The number of amides is 2. The topological polar surface area (TPSA) is 58.2 Å². The highest BCUT2D eigenvalue weighted by Crippen LogP contribution is 2.14. The van der Waals surface area contributed by atoms with Crippen molar-refractivity contribution in [1.29, 1.82) is 0 Å². The third-order valence-corrected chi connectivity index (χ3v) is 3.53. The van der Waals surface area contributed by atoms with Gasteiger partial charge in [0.1, 0.15) is 5.82 Å². The van der Waals surface area contributed by atoms with Gasteiger partial charge in [0.25, 0.3) is 5.91 Å². The number of rotatable bonds is 5. The van der Waals surface area contributed by atoms with Crippen molar-refractivity contribution in [2.75, 3.05) is 7.05 Å². The van der Waals surface area contributed by atoms with E-state index in [-0.39, 0.29) is 17.6 Å². The first-order chi connectivity index (χ1) is 11.5. The molecule has 2 aromatic rings. The molecule has 24 heavy (non-hydrogen) atoms. The zero-order valence-electron chi connectivity index (χ0n) is 13.6. The molecular weight excluding hydrogens is 307 g/mol. The monoisotopic (exact) mass is 326 g/mol. The average molecular weight is 326 g/mol. The zero-order chi connectivity index (χ0) is 17.5. The molecule has 0 aromatic heterocycles. The highest BCUT2D eigenvalue weighted by Gasteiger charge is 2.05. The summed E-state index contributed by atoms with van der Waals surface area (Å²) in [6.07, 6.45) is 1.47. The molecule has 2 rings (SSSR count). The van der Waals surface area contributed by atoms with E-state index >= 15 is 0 Å². The Kier molecular flexibility index (Phi) is 5.84. The van der Waals surface area contributed by atoms with Crippen LogP contribution in [0.1, 0.15) is 28.4 Å². The molecule has 2 amide bonds. The molecule has 0 aliphatic rings. The van der Waals surface area contributed by atoms with Crippen molar-refractivity contribution in [2.45, 2.75) is 13.5 Å². The fourth-order valence-electron chi connectivity index (χ4n) is 2.20. The van der Waals surface area contributed by atoms with Crippen molar-refractivity contribution in [3.05, 3.63) is 77.1 Å². The van der Waals surface area contributed by atoms with E-state index in [1.165, 1.54) is 18.2 Å². The Morgan fingerprint density at radius 2 is 1.79 bits per heavy atom. The second-order valence-electron chi connectivity index (χ2n) is 5.33. The van der Waals surface area contributed by atoms with E-state index in [2.05, 4.69) is 10.6 Å². The van der Waals surface area contributed by atoms with Gasteiger partial charge in [0.2, 0.25) is 5.91 Å². The van der Waals surface area contributed by atoms with E-state index < -0.39 is 0 Å². The average Bonchev–Trinajstić information content (AvgIpc) is 2.60. The molecule has 0 atom stereocenters. The molecule has 0 fully saturated rings. The summed E-state index contributed by atoms with van der Waals surface area (Å²) in [6.45, 7) is 2.11. The van der Waals surface area contributed by atoms with Gasteiger partial charge < -0.3 is 10.6 Å². The van der Waals surface area contributed by atoms with Gasteiger partial charge in [-0.1, -0.05) is 24.3 Å². The van der Waals surface area contributed by atoms with Gasteiger partial charge in [0, 0.05) is 25.2 Å². The molecule has 0 aliphatic carbocycles. The van der Waals surface area contributed by atoms with Crippen LogP contribution >= 0.6 is 0 Å². The van der Waals surface area contributed by atoms with Crippen LogP contribution in [-0.2, 0) is 11.3 Å². The van der Waals surface area contributed by atoms with Crippen molar-refractivity contribution >= 4 is 17.4 Å². The van der Waals surface area contributed by atoms with E-state index in [1.807, 2.05) is 6.07 Å². The number of hydrogen-bond donors (Lipinski definition) is 2. The second kappa shape index (κ2) is 8.06.